The number of halogens is 1. The first-order valence-electron chi connectivity index (χ1n) is 8.04. The Morgan fingerprint density at radius 3 is 2.79 bits per heavy atom. The lowest BCUT2D eigenvalue weighted by atomic mass is 9.97. The molecule has 0 bridgehead atoms. The van der Waals surface area contributed by atoms with Crippen LogP contribution in [-0.4, -0.2) is 28.5 Å². The largest absolute Gasteiger partial charge is 0.507 e. The average Bonchev–Trinajstić information content (AvgIpc) is 2.52. The van der Waals surface area contributed by atoms with Crippen LogP contribution in [0.3, 0.4) is 0 Å². The molecular formula is C18H22ClNO4. The van der Waals surface area contributed by atoms with E-state index >= 15 is 0 Å². The van der Waals surface area contributed by atoms with Crippen LogP contribution in [0.25, 0.3) is 0 Å². The van der Waals surface area contributed by atoms with Crippen LogP contribution in [0.1, 0.15) is 48.5 Å². The summed E-state index contributed by atoms with van der Waals surface area (Å²) in [5, 5.41) is 27.9. The van der Waals surface area contributed by atoms with Crippen molar-refractivity contribution in [2.75, 3.05) is 6.61 Å². The van der Waals surface area contributed by atoms with E-state index in [1.165, 1.54) is 0 Å². The molecule has 2 rings (SSSR count). The van der Waals surface area contributed by atoms with Gasteiger partial charge in [-0.3, -0.25) is 0 Å². The predicted octanol–water partition coefficient (Wildman–Crippen LogP) is 4.24. The van der Waals surface area contributed by atoms with Crippen LogP contribution in [0, 0.1) is 11.3 Å². The van der Waals surface area contributed by atoms with Gasteiger partial charge >= 0.3 is 5.97 Å². The van der Waals surface area contributed by atoms with Gasteiger partial charge in [-0.1, -0.05) is 24.6 Å². The van der Waals surface area contributed by atoms with Crippen molar-refractivity contribution >= 4 is 23.3 Å². The zero-order chi connectivity index (χ0) is 17.7. The summed E-state index contributed by atoms with van der Waals surface area (Å²) in [5.41, 5.74) is 0.362. The summed E-state index contributed by atoms with van der Waals surface area (Å²) < 4.78 is 5.24. The number of carbonyl (C=O) groups excluding carboxylic acids is 1. The van der Waals surface area contributed by atoms with Gasteiger partial charge in [-0.05, 0) is 43.2 Å². The van der Waals surface area contributed by atoms with E-state index < -0.39 is 11.7 Å². The molecule has 1 unspecified atom stereocenters. The number of hydrogen-bond acceptors (Lipinski definition) is 5. The molecule has 0 amide bonds. The monoisotopic (exact) mass is 351 g/mol. The first kappa shape index (κ1) is 18.3. The van der Waals surface area contributed by atoms with Crippen molar-refractivity contribution in [1.29, 1.82) is 5.41 Å². The quantitative estimate of drug-likeness (QED) is 0.610. The van der Waals surface area contributed by atoms with Crippen molar-refractivity contribution < 1.29 is 19.7 Å². The molecule has 0 radical (unpaired) electrons. The minimum Gasteiger partial charge on any atom is -0.507 e. The number of aromatic hydroxyl groups is 2. The van der Waals surface area contributed by atoms with E-state index in [2.05, 4.69) is 6.92 Å². The lowest BCUT2D eigenvalue weighted by Gasteiger charge is -2.15. The molecule has 0 fully saturated rings. The molecule has 6 heteroatoms. The van der Waals surface area contributed by atoms with Gasteiger partial charge in [0, 0.05) is 18.2 Å². The van der Waals surface area contributed by atoms with Crippen molar-refractivity contribution in [3.8, 4) is 11.5 Å². The number of nitrogens with one attached hydrogen (secondary N) is 1. The van der Waals surface area contributed by atoms with Crippen molar-refractivity contribution in [2.24, 2.45) is 5.92 Å². The standard InChI is InChI=1S/C18H22ClNO4/c1-11-5-2-3-7-12(20)9-13-16(18(23)24-8-4-6-11)14(21)10-15(22)17(13)19/h3,7,10-11,20-22H,2,4-6,8-9H2,1H3/b7-3+,20-12?. The summed E-state index contributed by atoms with van der Waals surface area (Å²) in [5.74, 6) is -0.898. The first-order chi connectivity index (χ1) is 11.4. The molecular weight excluding hydrogens is 330 g/mol. The van der Waals surface area contributed by atoms with Gasteiger partial charge in [0.15, 0.2) is 0 Å². The van der Waals surface area contributed by atoms with Gasteiger partial charge < -0.3 is 20.4 Å². The Morgan fingerprint density at radius 2 is 2.04 bits per heavy atom. The van der Waals surface area contributed by atoms with Gasteiger partial charge in [-0.15, -0.1) is 0 Å². The van der Waals surface area contributed by atoms with Crippen molar-refractivity contribution in [3.05, 3.63) is 34.4 Å². The Hall–Kier alpha value is -2.01. The highest BCUT2D eigenvalue weighted by molar-refractivity contribution is 6.33. The highest BCUT2D eigenvalue weighted by Crippen LogP contribution is 2.37. The molecule has 24 heavy (non-hydrogen) atoms. The Morgan fingerprint density at radius 1 is 1.29 bits per heavy atom. The molecule has 1 heterocycles. The Balaban J connectivity index is 2.39. The molecule has 1 aromatic carbocycles. The smallest absolute Gasteiger partial charge is 0.342 e. The van der Waals surface area contributed by atoms with Crippen molar-refractivity contribution in [2.45, 2.75) is 39.0 Å². The summed E-state index contributed by atoms with van der Waals surface area (Å²) in [6, 6.07) is 1.02. The van der Waals surface area contributed by atoms with Gasteiger partial charge in [0.25, 0.3) is 0 Å². The Bertz CT molecular complexity index is 669. The minimum absolute atomic E-state index is 0.0251. The van der Waals surface area contributed by atoms with E-state index in [0.29, 0.717) is 5.92 Å². The summed E-state index contributed by atoms with van der Waals surface area (Å²) >= 11 is 6.09. The van der Waals surface area contributed by atoms with Crippen LogP contribution in [0.15, 0.2) is 18.2 Å². The van der Waals surface area contributed by atoms with Gasteiger partial charge in [-0.25, -0.2) is 4.79 Å². The summed E-state index contributed by atoms with van der Waals surface area (Å²) in [6.45, 7) is 2.41. The topological polar surface area (TPSA) is 90.6 Å². The number of hydrogen-bond donors (Lipinski definition) is 3. The molecule has 3 N–H and O–H groups in total. The molecule has 1 atom stereocenters. The second-order valence-corrected chi connectivity index (χ2v) is 6.53. The third-order valence-corrected chi connectivity index (χ3v) is 4.53. The molecule has 0 aliphatic carbocycles. The van der Waals surface area contributed by atoms with Gasteiger partial charge in [0.2, 0.25) is 0 Å². The van der Waals surface area contributed by atoms with E-state index in [1.54, 1.807) is 6.08 Å². The van der Waals surface area contributed by atoms with E-state index in [4.69, 9.17) is 21.7 Å². The fraction of sp³-hybridized carbons (Fsp3) is 0.444. The van der Waals surface area contributed by atoms with Crippen LogP contribution in [0.5, 0.6) is 11.5 Å². The zero-order valence-electron chi connectivity index (χ0n) is 13.6. The second kappa shape index (κ2) is 8.20. The molecule has 0 saturated heterocycles. The van der Waals surface area contributed by atoms with E-state index in [-0.39, 0.29) is 40.6 Å². The fourth-order valence-corrected chi connectivity index (χ4v) is 2.96. The molecule has 5 nitrogen and oxygen atoms in total. The zero-order valence-corrected chi connectivity index (χ0v) is 14.4. The molecule has 0 aromatic heterocycles. The highest BCUT2D eigenvalue weighted by atomic mass is 35.5. The van der Waals surface area contributed by atoms with E-state index in [9.17, 15) is 15.0 Å². The third kappa shape index (κ3) is 4.51. The van der Waals surface area contributed by atoms with Crippen molar-refractivity contribution in [3.63, 3.8) is 0 Å². The molecule has 0 spiro atoms. The number of phenolic OH excluding ortho intramolecular Hbond substituents is 2. The Labute approximate surface area is 146 Å². The maximum atomic E-state index is 12.3. The molecule has 1 aliphatic heterocycles. The van der Waals surface area contributed by atoms with Crippen LogP contribution >= 0.6 is 11.6 Å². The lowest BCUT2D eigenvalue weighted by Crippen LogP contribution is -2.13. The molecule has 1 aromatic rings. The van der Waals surface area contributed by atoms with Crippen LogP contribution in [0.4, 0.5) is 0 Å². The normalized spacial score (nSPS) is 21.5. The van der Waals surface area contributed by atoms with Crippen LogP contribution in [0.2, 0.25) is 5.02 Å². The maximum absolute atomic E-state index is 12.3. The SMILES string of the molecule is CC1CC/C=C/C(=N)Cc2c(Cl)c(O)cc(O)c2C(=O)OCCC1. The number of carbonyl (C=O) groups is 1. The number of cyclic esters (lactones) is 1. The number of rotatable bonds is 0. The number of ether oxygens (including phenoxy) is 1. The van der Waals surface area contributed by atoms with E-state index in [0.717, 1.165) is 31.7 Å². The van der Waals surface area contributed by atoms with Crippen LogP contribution in [-0.2, 0) is 11.2 Å². The highest BCUT2D eigenvalue weighted by Gasteiger charge is 2.24. The summed E-state index contributed by atoms with van der Waals surface area (Å²) in [4.78, 5) is 12.3. The maximum Gasteiger partial charge on any atom is 0.342 e. The fourth-order valence-electron chi connectivity index (χ4n) is 2.75. The Kier molecular flexibility index (Phi) is 6.26. The summed E-state index contributed by atoms with van der Waals surface area (Å²) in [6.07, 6.45) is 7.19. The number of phenols is 2. The molecule has 1 aliphatic rings. The molecule has 130 valence electrons. The third-order valence-electron chi connectivity index (χ3n) is 4.11. The van der Waals surface area contributed by atoms with Gasteiger partial charge in [-0.2, -0.15) is 0 Å². The van der Waals surface area contributed by atoms with E-state index in [1.807, 2.05) is 6.08 Å². The minimum atomic E-state index is -0.689. The lowest BCUT2D eigenvalue weighted by molar-refractivity contribution is 0.0489. The van der Waals surface area contributed by atoms with Crippen molar-refractivity contribution in [1.82, 2.24) is 0 Å². The van der Waals surface area contributed by atoms with Gasteiger partial charge in [0.1, 0.15) is 17.1 Å². The average molecular weight is 352 g/mol. The number of allylic oxidation sites excluding steroid dienone is 2. The predicted molar refractivity (Wildman–Crippen MR) is 93.3 cm³/mol. The number of benzene rings is 1. The summed E-state index contributed by atoms with van der Waals surface area (Å²) in [7, 11) is 0. The first-order valence-corrected chi connectivity index (χ1v) is 8.42. The van der Waals surface area contributed by atoms with Crippen LogP contribution < -0.4 is 0 Å². The number of fused-ring (bicyclic) bond motifs is 1. The second-order valence-electron chi connectivity index (χ2n) is 6.15. The molecule has 0 saturated carbocycles. The number of esters is 1. The van der Waals surface area contributed by atoms with Gasteiger partial charge in [0.05, 0.1) is 11.6 Å².